The molecule has 0 aliphatic heterocycles. The fourth-order valence-corrected chi connectivity index (χ4v) is 1.84. The summed E-state index contributed by atoms with van der Waals surface area (Å²) in [5.41, 5.74) is -2.22. The zero-order valence-electron chi connectivity index (χ0n) is 11.2. The largest absolute Gasteiger partial charge is 0.416 e. The number of rotatable bonds is 5. The van der Waals surface area contributed by atoms with E-state index in [0.29, 0.717) is 16.7 Å². The lowest BCUT2D eigenvalue weighted by Gasteiger charge is -2.11. The highest BCUT2D eigenvalue weighted by atomic mass is 19.4. The number of alkyl halides is 5. The molecule has 124 valence electrons. The molecule has 0 spiro atoms. The summed E-state index contributed by atoms with van der Waals surface area (Å²) in [6, 6.07) is 1.91. The Labute approximate surface area is 125 Å². The van der Waals surface area contributed by atoms with Gasteiger partial charge >= 0.3 is 12.7 Å². The highest BCUT2D eigenvalue weighted by molar-refractivity contribution is 5.62. The van der Waals surface area contributed by atoms with E-state index in [2.05, 4.69) is 10.3 Å². The second kappa shape index (κ2) is 6.18. The lowest BCUT2D eigenvalue weighted by Crippen LogP contribution is -2.11. The quantitative estimate of drug-likeness (QED) is 0.512. The first-order valence-electron chi connectivity index (χ1n) is 6.09. The third kappa shape index (κ3) is 3.73. The molecule has 0 unspecified atom stereocenters. The van der Waals surface area contributed by atoms with Gasteiger partial charge in [0.2, 0.25) is 0 Å². The van der Waals surface area contributed by atoms with E-state index in [-0.39, 0.29) is 18.1 Å². The molecule has 0 radical (unpaired) electrons. The highest BCUT2D eigenvalue weighted by Gasteiger charge is 2.33. The molecular weight excluding hydrogens is 327 g/mol. The second-order valence-corrected chi connectivity index (χ2v) is 4.37. The first-order chi connectivity index (χ1) is 10.7. The van der Waals surface area contributed by atoms with E-state index in [0.717, 1.165) is 18.5 Å². The summed E-state index contributed by atoms with van der Waals surface area (Å²) in [6.45, 7) is -3.17. The van der Waals surface area contributed by atoms with Crippen molar-refractivity contribution in [3.8, 4) is 0 Å². The number of aromatic nitrogens is 2. The maximum atomic E-state index is 12.6. The molecular formula is C12H9F5N4O2. The molecule has 0 aliphatic carbocycles. The smallest absolute Gasteiger partial charge is 0.372 e. The van der Waals surface area contributed by atoms with Crippen LogP contribution in [0.15, 0.2) is 30.6 Å². The fraction of sp³-hybridized carbons (Fsp3) is 0.250. The lowest BCUT2D eigenvalue weighted by molar-refractivity contribution is -0.384. The minimum absolute atomic E-state index is 0.116. The number of anilines is 1. The van der Waals surface area contributed by atoms with Gasteiger partial charge < -0.3 is 5.32 Å². The zero-order valence-corrected chi connectivity index (χ0v) is 11.2. The second-order valence-electron chi connectivity index (χ2n) is 4.37. The number of nitro benzene ring substituents is 1. The van der Waals surface area contributed by atoms with Crippen LogP contribution in [0.5, 0.6) is 0 Å². The van der Waals surface area contributed by atoms with Gasteiger partial charge in [0.1, 0.15) is 11.5 Å². The van der Waals surface area contributed by atoms with E-state index < -0.39 is 28.9 Å². The van der Waals surface area contributed by atoms with Crippen LogP contribution < -0.4 is 5.32 Å². The molecule has 1 aromatic heterocycles. The number of nitrogens with zero attached hydrogens (tertiary/aromatic N) is 3. The van der Waals surface area contributed by atoms with Crippen molar-refractivity contribution < 1.29 is 26.9 Å². The zero-order chi connectivity index (χ0) is 17.2. The standard InChI is InChI=1S/C12H9F5N4O2/c13-11(14)20-4-3-18-10(20)6-19-8-2-1-7(12(15,16)17)5-9(8)21(22)23/h1-5,11,19H,6H2. The van der Waals surface area contributed by atoms with E-state index in [1.807, 2.05) is 0 Å². The predicted octanol–water partition coefficient (Wildman–Crippen LogP) is 3.82. The minimum atomic E-state index is -4.73. The molecule has 2 rings (SSSR count). The van der Waals surface area contributed by atoms with Crippen molar-refractivity contribution in [3.05, 3.63) is 52.1 Å². The normalized spacial score (nSPS) is 11.7. The number of imidazole rings is 1. The van der Waals surface area contributed by atoms with Gasteiger partial charge in [-0.3, -0.25) is 14.7 Å². The monoisotopic (exact) mass is 336 g/mol. The molecule has 11 heteroatoms. The Morgan fingerprint density at radius 2 is 2.04 bits per heavy atom. The number of hydrogen-bond donors (Lipinski definition) is 1. The summed E-state index contributed by atoms with van der Waals surface area (Å²) < 4.78 is 63.5. The van der Waals surface area contributed by atoms with Crippen molar-refractivity contribution in [2.45, 2.75) is 19.3 Å². The van der Waals surface area contributed by atoms with Crippen LogP contribution in [-0.2, 0) is 12.7 Å². The summed E-state index contributed by atoms with van der Waals surface area (Å²) in [5.74, 6) is -0.116. The predicted molar refractivity (Wildman–Crippen MR) is 68.9 cm³/mol. The van der Waals surface area contributed by atoms with Crippen molar-refractivity contribution >= 4 is 11.4 Å². The Balaban J connectivity index is 2.26. The van der Waals surface area contributed by atoms with Crippen molar-refractivity contribution in [2.24, 2.45) is 0 Å². The van der Waals surface area contributed by atoms with Gasteiger partial charge in [0.05, 0.1) is 17.0 Å². The Kier molecular flexibility index (Phi) is 4.48. The summed E-state index contributed by atoms with van der Waals surface area (Å²) >= 11 is 0. The van der Waals surface area contributed by atoms with Gasteiger partial charge in [-0.25, -0.2) is 4.98 Å². The number of hydrogen-bond acceptors (Lipinski definition) is 4. The fourth-order valence-electron chi connectivity index (χ4n) is 1.84. The molecule has 1 N–H and O–H groups in total. The molecule has 0 saturated carbocycles. The van der Waals surface area contributed by atoms with Crippen molar-refractivity contribution in [2.75, 3.05) is 5.32 Å². The third-order valence-electron chi connectivity index (χ3n) is 2.92. The number of benzene rings is 1. The van der Waals surface area contributed by atoms with Crippen molar-refractivity contribution in [1.29, 1.82) is 0 Å². The Morgan fingerprint density at radius 1 is 1.35 bits per heavy atom. The first kappa shape index (κ1) is 16.6. The SMILES string of the molecule is O=[N+]([O-])c1cc(C(F)(F)F)ccc1NCc1nccn1C(F)F. The number of nitro groups is 1. The van der Waals surface area contributed by atoms with Crippen LogP contribution in [0.3, 0.4) is 0 Å². The summed E-state index contributed by atoms with van der Waals surface area (Å²) in [7, 11) is 0. The molecule has 2 aromatic rings. The van der Waals surface area contributed by atoms with Gasteiger partial charge in [0.15, 0.2) is 0 Å². The Hall–Kier alpha value is -2.72. The third-order valence-corrected chi connectivity index (χ3v) is 2.92. The van der Waals surface area contributed by atoms with Crippen molar-refractivity contribution in [3.63, 3.8) is 0 Å². The van der Waals surface area contributed by atoms with Crippen LogP contribution in [0.25, 0.3) is 0 Å². The summed E-state index contributed by atoms with van der Waals surface area (Å²) in [6.07, 6.45) is -2.59. The van der Waals surface area contributed by atoms with Crippen LogP contribution in [0.1, 0.15) is 17.9 Å². The number of halogens is 5. The van der Waals surface area contributed by atoms with Gasteiger partial charge in [-0.1, -0.05) is 0 Å². The summed E-state index contributed by atoms with van der Waals surface area (Å²) in [5, 5.41) is 13.3. The summed E-state index contributed by atoms with van der Waals surface area (Å²) in [4.78, 5) is 13.6. The van der Waals surface area contributed by atoms with Crippen LogP contribution in [-0.4, -0.2) is 14.5 Å². The van der Waals surface area contributed by atoms with E-state index in [9.17, 15) is 32.1 Å². The van der Waals surface area contributed by atoms with Gasteiger partial charge in [-0.05, 0) is 12.1 Å². The van der Waals surface area contributed by atoms with Gasteiger partial charge in [-0.2, -0.15) is 22.0 Å². The van der Waals surface area contributed by atoms with Gasteiger partial charge in [0.25, 0.3) is 5.69 Å². The lowest BCUT2D eigenvalue weighted by atomic mass is 10.1. The number of nitrogens with one attached hydrogen (secondary N) is 1. The molecule has 1 heterocycles. The van der Waals surface area contributed by atoms with Crippen LogP contribution in [0.2, 0.25) is 0 Å². The Morgan fingerprint density at radius 3 is 2.61 bits per heavy atom. The Bertz CT molecular complexity index is 714. The molecule has 0 amide bonds. The van der Waals surface area contributed by atoms with E-state index in [1.54, 1.807) is 0 Å². The van der Waals surface area contributed by atoms with Crippen LogP contribution >= 0.6 is 0 Å². The highest BCUT2D eigenvalue weighted by Crippen LogP contribution is 2.35. The average Bonchev–Trinajstić information content (AvgIpc) is 2.92. The minimum Gasteiger partial charge on any atom is -0.372 e. The van der Waals surface area contributed by atoms with Gasteiger partial charge in [-0.15, -0.1) is 0 Å². The maximum Gasteiger partial charge on any atom is 0.416 e. The first-order valence-corrected chi connectivity index (χ1v) is 6.09. The molecule has 0 bridgehead atoms. The van der Waals surface area contributed by atoms with E-state index in [4.69, 9.17) is 0 Å². The maximum absolute atomic E-state index is 12.6. The molecule has 0 fully saturated rings. The molecule has 0 atom stereocenters. The molecule has 6 nitrogen and oxygen atoms in total. The average molecular weight is 336 g/mol. The van der Waals surface area contributed by atoms with E-state index >= 15 is 0 Å². The van der Waals surface area contributed by atoms with Crippen LogP contribution in [0, 0.1) is 10.1 Å². The molecule has 23 heavy (non-hydrogen) atoms. The van der Waals surface area contributed by atoms with Crippen LogP contribution in [0.4, 0.5) is 33.3 Å². The topological polar surface area (TPSA) is 73.0 Å². The molecule has 0 aliphatic rings. The molecule has 1 aromatic carbocycles. The van der Waals surface area contributed by atoms with E-state index in [1.165, 1.54) is 0 Å². The van der Waals surface area contributed by atoms with Gasteiger partial charge in [0, 0.05) is 18.5 Å². The molecule has 0 saturated heterocycles. The van der Waals surface area contributed by atoms with Crippen molar-refractivity contribution in [1.82, 2.24) is 9.55 Å².